The van der Waals surface area contributed by atoms with Crippen LogP contribution in [0.3, 0.4) is 0 Å². The first-order chi connectivity index (χ1) is 8.99. The van der Waals surface area contributed by atoms with Crippen LogP contribution in [0.4, 0.5) is 0 Å². The molecular formula is C13H20N2O3S. The molecule has 0 aliphatic heterocycles. The molecule has 0 aliphatic rings. The molecule has 0 fully saturated rings. The molecule has 6 heteroatoms. The van der Waals surface area contributed by atoms with Crippen molar-refractivity contribution >= 4 is 23.2 Å². The molecule has 0 spiro atoms. The fourth-order valence-corrected chi connectivity index (χ4v) is 2.40. The molecule has 1 rings (SSSR count). The summed E-state index contributed by atoms with van der Waals surface area (Å²) in [6, 6.07) is 4.03. The van der Waals surface area contributed by atoms with Crippen LogP contribution in [0.5, 0.6) is 0 Å². The molecule has 0 aromatic carbocycles. The Bertz CT molecular complexity index is 406. The first-order valence-electron chi connectivity index (χ1n) is 6.19. The smallest absolute Gasteiger partial charge is 0.307 e. The maximum Gasteiger partial charge on any atom is 0.307 e. The van der Waals surface area contributed by atoms with Gasteiger partial charge in [-0.2, -0.15) is 0 Å². The highest BCUT2D eigenvalue weighted by molar-refractivity contribution is 7.09. The number of carbonyl (C=O) groups is 2. The normalized spacial score (nSPS) is 12.4. The largest absolute Gasteiger partial charge is 0.481 e. The highest BCUT2D eigenvalue weighted by atomic mass is 32.1. The zero-order valence-electron chi connectivity index (χ0n) is 11.3. The van der Waals surface area contributed by atoms with Crippen LogP contribution in [0.2, 0.25) is 0 Å². The van der Waals surface area contributed by atoms with Crippen molar-refractivity contribution in [3.05, 3.63) is 22.4 Å². The van der Waals surface area contributed by atoms with Crippen LogP contribution >= 0.6 is 11.3 Å². The van der Waals surface area contributed by atoms with Crippen LogP contribution < -0.4 is 5.32 Å². The Hall–Kier alpha value is -1.40. The van der Waals surface area contributed by atoms with Crippen molar-refractivity contribution in [2.75, 3.05) is 26.7 Å². The van der Waals surface area contributed by atoms with Gasteiger partial charge in [0.05, 0.1) is 12.5 Å². The summed E-state index contributed by atoms with van der Waals surface area (Å²) >= 11 is 1.67. The Morgan fingerprint density at radius 2 is 2.26 bits per heavy atom. The quantitative estimate of drug-likeness (QED) is 0.749. The molecule has 1 atom stereocenters. The number of hydrogen-bond acceptors (Lipinski definition) is 4. The van der Waals surface area contributed by atoms with Crippen molar-refractivity contribution < 1.29 is 14.7 Å². The molecule has 19 heavy (non-hydrogen) atoms. The van der Waals surface area contributed by atoms with E-state index in [4.69, 9.17) is 5.11 Å². The van der Waals surface area contributed by atoms with Gasteiger partial charge >= 0.3 is 5.97 Å². The number of rotatable bonds is 8. The lowest BCUT2D eigenvalue weighted by Gasteiger charge is -2.18. The minimum Gasteiger partial charge on any atom is -0.481 e. The first-order valence-corrected chi connectivity index (χ1v) is 7.07. The van der Waals surface area contributed by atoms with Gasteiger partial charge in [0, 0.05) is 18.0 Å². The maximum atomic E-state index is 11.6. The molecule has 1 aromatic rings. The lowest BCUT2D eigenvalue weighted by Crippen LogP contribution is -2.38. The average molecular weight is 284 g/mol. The van der Waals surface area contributed by atoms with Gasteiger partial charge in [0.25, 0.3) is 0 Å². The van der Waals surface area contributed by atoms with E-state index in [0.717, 1.165) is 6.42 Å². The molecule has 0 aliphatic carbocycles. The van der Waals surface area contributed by atoms with Crippen molar-refractivity contribution in [3.63, 3.8) is 0 Å². The minimum absolute atomic E-state index is 0.0726. The molecule has 0 bridgehead atoms. The molecule has 2 N–H and O–H groups in total. The Labute approximate surface area is 117 Å². The summed E-state index contributed by atoms with van der Waals surface area (Å²) in [6.07, 6.45) is 0.832. The number of likely N-dealkylation sites (N-methyl/N-ethyl adjacent to an activating group) is 1. The van der Waals surface area contributed by atoms with Crippen LogP contribution in [-0.2, 0) is 16.0 Å². The van der Waals surface area contributed by atoms with Crippen molar-refractivity contribution in [2.24, 2.45) is 5.92 Å². The Morgan fingerprint density at radius 1 is 1.53 bits per heavy atom. The topological polar surface area (TPSA) is 69.6 Å². The number of carboxylic acids is 1. The molecular weight excluding hydrogens is 264 g/mol. The lowest BCUT2D eigenvalue weighted by atomic mass is 10.2. The van der Waals surface area contributed by atoms with Crippen molar-refractivity contribution in [2.45, 2.75) is 13.3 Å². The number of nitrogens with one attached hydrogen (secondary N) is 1. The van der Waals surface area contributed by atoms with Crippen LogP contribution in [0.15, 0.2) is 17.5 Å². The van der Waals surface area contributed by atoms with Gasteiger partial charge < -0.3 is 10.4 Å². The molecule has 0 saturated heterocycles. The maximum absolute atomic E-state index is 11.6. The third-order valence-corrected chi connectivity index (χ3v) is 3.63. The minimum atomic E-state index is -0.843. The second-order valence-corrected chi connectivity index (χ2v) is 5.65. The SMILES string of the molecule is CC(CN(C)CC(=O)NCCc1cccs1)C(=O)O. The highest BCUT2D eigenvalue weighted by Gasteiger charge is 2.15. The van der Waals surface area contributed by atoms with Crippen molar-refractivity contribution in [3.8, 4) is 0 Å². The van der Waals surface area contributed by atoms with Crippen LogP contribution in [0.25, 0.3) is 0 Å². The van der Waals surface area contributed by atoms with E-state index in [9.17, 15) is 9.59 Å². The molecule has 0 saturated carbocycles. The molecule has 5 nitrogen and oxygen atoms in total. The molecule has 1 aromatic heterocycles. The van der Waals surface area contributed by atoms with Crippen molar-refractivity contribution in [1.29, 1.82) is 0 Å². The average Bonchev–Trinajstić information content (AvgIpc) is 2.81. The predicted octanol–water partition coefficient (Wildman–Crippen LogP) is 1.06. The second kappa shape index (κ2) is 7.91. The molecule has 1 heterocycles. The Morgan fingerprint density at radius 3 is 2.84 bits per heavy atom. The van der Waals surface area contributed by atoms with Crippen molar-refractivity contribution in [1.82, 2.24) is 10.2 Å². The van der Waals surface area contributed by atoms with Gasteiger partial charge in [-0.25, -0.2) is 0 Å². The summed E-state index contributed by atoms with van der Waals surface area (Å²) < 4.78 is 0. The summed E-state index contributed by atoms with van der Waals surface area (Å²) in [5.74, 6) is -1.38. The van der Waals surface area contributed by atoms with E-state index in [1.54, 1.807) is 30.2 Å². The first kappa shape index (κ1) is 15.7. The van der Waals surface area contributed by atoms with Crippen LogP contribution in [-0.4, -0.2) is 48.6 Å². The monoisotopic (exact) mass is 284 g/mol. The third kappa shape index (κ3) is 6.35. The summed E-state index contributed by atoms with van der Waals surface area (Å²) in [5, 5.41) is 13.6. The zero-order valence-corrected chi connectivity index (χ0v) is 12.1. The number of carboxylic acid groups (broad SMARTS) is 1. The van der Waals surface area contributed by atoms with Crippen LogP contribution in [0.1, 0.15) is 11.8 Å². The number of hydrogen-bond donors (Lipinski definition) is 2. The van der Waals surface area contributed by atoms with E-state index in [-0.39, 0.29) is 12.5 Å². The van der Waals surface area contributed by atoms with Crippen LogP contribution in [0, 0.1) is 5.92 Å². The number of carbonyl (C=O) groups excluding carboxylic acids is 1. The zero-order chi connectivity index (χ0) is 14.3. The molecule has 0 radical (unpaired) electrons. The number of nitrogens with zero attached hydrogens (tertiary/aromatic N) is 1. The van der Waals surface area contributed by atoms with Gasteiger partial charge in [-0.1, -0.05) is 13.0 Å². The van der Waals surface area contributed by atoms with Gasteiger partial charge in [-0.05, 0) is 24.9 Å². The third-order valence-electron chi connectivity index (χ3n) is 2.69. The molecule has 1 unspecified atom stereocenters. The van der Waals surface area contributed by atoms with E-state index >= 15 is 0 Å². The summed E-state index contributed by atoms with van der Waals surface area (Å²) in [4.78, 5) is 25.3. The molecule has 106 valence electrons. The van der Waals surface area contributed by atoms with Gasteiger partial charge in [0.2, 0.25) is 5.91 Å². The Balaban J connectivity index is 2.18. The number of thiophene rings is 1. The number of amides is 1. The lowest BCUT2D eigenvalue weighted by molar-refractivity contribution is -0.142. The summed E-state index contributed by atoms with van der Waals surface area (Å²) in [6.45, 7) is 2.84. The fourth-order valence-electron chi connectivity index (χ4n) is 1.69. The van der Waals surface area contributed by atoms with E-state index in [1.807, 2.05) is 17.5 Å². The highest BCUT2D eigenvalue weighted by Crippen LogP contribution is 2.08. The van der Waals surface area contributed by atoms with E-state index < -0.39 is 11.9 Å². The van der Waals surface area contributed by atoms with E-state index in [1.165, 1.54) is 4.88 Å². The van der Waals surface area contributed by atoms with E-state index in [0.29, 0.717) is 13.1 Å². The van der Waals surface area contributed by atoms with E-state index in [2.05, 4.69) is 5.32 Å². The van der Waals surface area contributed by atoms with Gasteiger partial charge in [-0.3, -0.25) is 14.5 Å². The summed E-state index contributed by atoms with van der Waals surface area (Å²) in [7, 11) is 1.75. The van der Waals surface area contributed by atoms with Gasteiger partial charge in [0.15, 0.2) is 0 Å². The molecule has 1 amide bonds. The Kier molecular flexibility index (Phi) is 6.52. The standard InChI is InChI=1S/C13H20N2O3S/c1-10(13(17)18)8-15(2)9-12(16)14-6-5-11-4-3-7-19-11/h3-4,7,10H,5-6,8-9H2,1-2H3,(H,14,16)(H,17,18). The number of aliphatic carboxylic acids is 1. The summed E-state index contributed by atoms with van der Waals surface area (Å²) in [5.41, 5.74) is 0. The fraction of sp³-hybridized carbons (Fsp3) is 0.538. The predicted molar refractivity (Wildman–Crippen MR) is 75.3 cm³/mol. The van der Waals surface area contributed by atoms with Gasteiger partial charge in [0.1, 0.15) is 0 Å². The van der Waals surface area contributed by atoms with Gasteiger partial charge in [-0.15, -0.1) is 11.3 Å². The second-order valence-electron chi connectivity index (χ2n) is 4.62.